The highest BCUT2D eigenvalue weighted by atomic mass is 32.2. The molecule has 7 heteroatoms. The summed E-state index contributed by atoms with van der Waals surface area (Å²) in [7, 11) is -3.54. The number of β-amino-alcohol motifs (C(OH)–C–C–N with tert-alkyl or cyclic N) is 1. The monoisotopic (exact) mass is 269 g/mol. The predicted octanol–water partition coefficient (Wildman–Crippen LogP) is -1.29. The molecule has 0 saturated heterocycles. The fourth-order valence-corrected chi connectivity index (χ4v) is 1.99. The van der Waals surface area contributed by atoms with E-state index in [-0.39, 0.29) is 25.7 Å². The number of nitrogens with one attached hydrogen (secondary N) is 1. The van der Waals surface area contributed by atoms with Crippen LogP contribution in [0.1, 0.15) is 20.3 Å². The summed E-state index contributed by atoms with van der Waals surface area (Å²) in [6, 6.07) is 0. The average Bonchev–Trinajstić information content (AvgIpc) is 2.22. The van der Waals surface area contributed by atoms with Crippen LogP contribution in [0.3, 0.4) is 0 Å². The van der Waals surface area contributed by atoms with Gasteiger partial charge in [-0.15, -0.1) is 0 Å². The fraction of sp³-hybridized carbons (Fsp3) is 1.00. The third kappa shape index (κ3) is 5.78. The molecule has 0 aliphatic heterocycles. The molecule has 0 radical (unpaired) electrons. The maximum Gasteiger partial charge on any atom is 0.175 e. The molecule has 0 aliphatic rings. The Balaban J connectivity index is 4.56. The molecule has 1 atom stereocenters. The highest BCUT2D eigenvalue weighted by Crippen LogP contribution is 2.16. The molecule has 0 aromatic heterocycles. The SMILES string of the molecule is CC(C)CC(CO)(CO)NCC(O)S(C)(=O)=O. The molecule has 104 valence electrons. The zero-order valence-corrected chi connectivity index (χ0v) is 11.4. The Morgan fingerprint density at radius 3 is 2.00 bits per heavy atom. The van der Waals surface area contributed by atoms with Crippen LogP contribution in [-0.2, 0) is 9.84 Å². The van der Waals surface area contributed by atoms with Crippen LogP contribution in [0, 0.1) is 5.92 Å². The van der Waals surface area contributed by atoms with E-state index in [4.69, 9.17) is 0 Å². The van der Waals surface area contributed by atoms with Crippen molar-refractivity contribution in [3.05, 3.63) is 0 Å². The molecule has 0 bridgehead atoms. The summed E-state index contributed by atoms with van der Waals surface area (Å²) in [4.78, 5) is 0. The van der Waals surface area contributed by atoms with Crippen molar-refractivity contribution >= 4 is 9.84 Å². The molecule has 0 rings (SSSR count). The number of aliphatic hydroxyl groups is 3. The molecule has 0 saturated carbocycles. The van der Waals surface area contributed by atoms with Gasteiger partial charge in [-0.25, -0.2) is 8.42 Å². The molecule has 0 aliphatic carbocycles. The zero-order valence-electron chi connectivity index (χ0n) is 10.5. The molecule has 17 heavy (non-hydrogen) atoms. The molecule has 6 nitrogen and oxygen atoms in total. The van der Waals surface area contributed by atoms with Crippen LogP contribution in [0.4, 0.5) is 0 Å². The van der Waals surface area contributed by atoms with E-state index in [1.54, 1.807) is 0 Å². The quantitative estimate of drug-likeness (QED) is 0.437. The standard InChI is InChI=1S/C10H23NO5S/c1-8(2)4-10(6-12,7-13)11-5-9(14)17(3,15)16/h8-9,11-14H,4-7H2,1-3H3. The van der Waals surface area contributed by atoms with Gasteiger partial charge in [0.05, 0.1) is 18.8 Å². The third-order valence-corrected chi connectivity index (χ3v) is 3.71. The smallest absolute Gasteiger partial charge is 0.175 e. The van der Waals surface area contributed by atoms with E-state index in [2.05, 4.69) is 5.32 Å². The molecule has 4 N–H and O–H groups in total. The second-order valence-corrected chi connectivity index (χ2v) is 7.06. The second-order valence-electron chi connectivity index (χ2n) is 4.86. The van der Waals surface area contributed by atoms with Crippen molar-refractivity contribution in [1.29, 1.82) is 0 Å². The van der Waals surface area contributed by atoms with Gasteiger partial charge in [-0.05, 0) is 12.3 Å². The van der Waals surface area contributed by atoms with Gasteiger partial charge in [-0.2, -0.15) is 0 Å². The maximum absolute atomic E-state index is 11.0. The van der Waals surface area contributed by atoms with E-state index >= 15 is 0 Å². The van der Waals surface area contributed by atoms with Gasteiger partial charge in [-0.1, -0.05) is 13.8 Å². The Morgan fingerprint density at radius 1 is 1.24 bits per heavy atom. The topological polar surface area (TPSA) is 107 Å². The molecular weight excluding hydrogens is 246 g/mol. The Hall–Kier alpha value is -0.210. The molecule has 0 aromatic carbocycles. The van der Waals surface area contributed by atoms with Gasteiger partial charge in [0.15, 0.2) is 15.3 Å². The van der Waals surface area contributed by atoms with Crippen LogP contribution in [0.2, 0.25) is 0 Å². The lowest BCUT2D eigenvalue weighted by Crippen LogP contribution is -2.55. The highest BCUT2D eigenvalue weighted by molar-refractivity contribution is 7.91. The largest absolute Gasteiger partial charge is 0.394 e. The van der Waals surface area contributed by atoms with E-state index in [9.17, 15) is 23.7 Å². The van der Waals surface area contributed by atoms with Crippen LogP contribution >= 0.6 is 0 Å². The van der Waals surface area contributed by atoms with E-state index in [0.29, 0.717) is 6.42 Å². The maximum atomic E-state index is 11.0. The van der Waals surface area contributed by atoms with Gasteiger partial charge < -0.3 is 20.6 Å². The average molecular weight is 269 g/mol. The normalized spacial score (nSPS) is 15.2. The first-order chi connectivity index (χ1) is 7.67. The van der Waals surface area contributed by atoms with Crippen molar-refractivity contribution in [2.75, 3.05) is 26.0 Å². The van der Waals surface area contributed by atoms with Crippen LogP contribution in [0.25, 0.3) is 0 Å². The summed E-state index contributed by atoms with van der Waals surface area (Å²) < 4.78 is 22.1. The minimum absolute atomic E-state index is 0.216. The predicted molar refractivity (Wildman–Crippen MR) is 65.2 cm³/mol. The van der Waals surface area contributed by atoms with Gasteiger partial charge in [0.1, 0.15) is 0 Å². The number of hydrogen-bond donors (Lipinski definition) is 4. The minimum Gasteiger partial charge on any atom is -0.394 e. The molecular formula is C10H23NO5S. The third-order valence-electron chi connectivity index (χ3n) is 2.55. The van der Waals surface area contributed by atoms with Gasteiger partial charge >= 0.3 is 0 Å². The first-order valence-corrected chi connectivity index (χ1v) is 7.46. The number of hydrogen-bond acceptors (Lipinski definition) is 6. The number of aliphatic hydroxyl groups excluding tert-OH is 3. The van der Waals surface area contributed by atoms with Crippen molar-refractivity contribution in [3.63, 3.8) is 0 Å². The fourth-order valence-electron chi connectivity index (χ4n) is 1.60. The molecule has 0 heterocycles. The summed E-state index contributed by atoms with van der Waals surface area (Å²) in [6.07, 6.45) is 1.41. The minimum atomic E-state index is -3.54. The first kappa shape index (κ1) is 16.8. The number of rotatable bonds is 8. The molecule has 1 unspecified atom stereocenters. The summed E-state index contributed by atoms with van der Waals surface area (Å²) in [5.41, 5.74) is -2.49. The van der Waals surface area contributed by atoms with E-state index in [1.165, 1.54) is 0 Å². The second kappa shape index (κ2) is 6.65. The van der Waals surface area contributed by atoms with Crippen molar-refractivity contribution in [2.45, 2.75) is 31.2 Å². The van der Waals surface area contributed by atoms with Crippen molar-refractivity contribution in [3.8, 4) is 0 Å². The van der Waals surface area contributed by atoms with Gasteiger partial charge in [0.25, 0.3) is 0 Å². The first-order valence-electron chi connectivity index (χ1n) is 5.50. The summed E-state index contributed by atoms with van der Waals surface area (Å²) in [6.45, 7) is 2.99. The van der Waals surface area contributed by atoms with E-state index in [0.717, 1.165) is 6.26 Å². The molecule has 0 aromatic rings. The Bertz CT molecular complexity index is 311. The summed E-state index contributed by atoms with van der Waals surface area (Å²) in [5.74, 6) is 0.220. The Labute approximate surface area is 103 Å². The van der Waals surface area contributed by atoms with Crippen molar-refractivity contribution < 1.29 is 23.7 Å². The Kier molecular flexibility index (Phi) is 6.57. The van der Waals surface area contributed by atoms with Gasteiger partial charge in [0.2, 0.25) is 0 Å². The van der Waals surface area contributed by atoms with Crippen LogP contribution < -0.4 is 5.32 Å². The van der Waals surface area contributed by atoms with Gasteiger partial charge in [-0.3, -0.25) is 0 Å². The van der Waals surface area contributed by atoms with Crippen molar-refractivity contribution in [1.82, 2.24) is 5.32 Å². The summed E-state index contributed by atoms with van der Waals surface area (Å²) >= 11 is 0. The lowest BCUT2D eigenvalue weighted by atomic mass is 9.90. The lowest BCUT2D eigenvalue weighted by molar-refractivity contribution is 0.0675. The zero-order chi connectivity index (χ0) is 13.7. The van der Waals surface area contributed by atoms with Gasteiger partial charge in [0, 0.05) is 12.8 Å². The lowest BCUT2D eigenvalue weighted by Gasteiger charge is -2.33. The highest BCUT2D eigenvalue weighted by Gasteiger charge is 2.31. The van der Waals surface area contributed by atoms with Crippen LogP contribution in [-0.4, -0.2) is 60.7 Å². The molecule has 0 fully saturated rings. The van der Waals surface area contributed by atoms with Crippen LogP contribution in [0.15, 0.2) is 0 Å². The Morgan fingerprint density at radius 2 is 1.71 bits per heavy atom. The molecule has 0 amide bonds. The summed E-state index contributed by atoms with van der Waals surface area (Å²) in [5, 5.41) is 30.7. The number of sulfone groups is 1. The van der Waals surface area contributed by atoms with Crippen molar-refractivity contribution in [2.24, 2.45) is 5.92 Å². The molecule has 0 spiro atoms. The van der Waals surface area contributed by atoms with E-state index in [1.807, 2.05) is 13.8 Å². The van der Waals surface area contributed by atoms with Crippen LogP contribution in [0.5, 0.6) is 0 Å². The van der Waals surface area contributed by atoms with E-state index < -0.39 is 20.8 Å².